The lowest BCUT2D eigenvalue weighted by molar-refractivity contribution is 0.0935. The number of hydrogen-bond acceptors (Lipinski definition) is 2. The molecule has 1 aliphatic rings. The molecule has 0 bridgehead atoms. The van der Waals surface area contributed by atoms with Crippen LogP contribution in [0.2, 0.25) is 0 Å². The minimum absolute atomic E-state index is 0.194. The van der Waals surface area contributed by atoms with E-state index in [0.29, 0.717) is 0 Å². The first kappa shape index (κ1) is 10.7. The Morgan fingerprint density at radius 2 is 1.93 bits per heavy atom. The van der Waals surface area contributed by atoms with Crippen LogP contribution in [0.1, 0.15) is 37.8 Å². The van der Waals surface area contributed by atoms with Gasteiger partial charge in [0.15, 0.2) is 0 Å². The van der Waals surface area contributed by atoms with E-state index in [-0.39, 0.29) is 5.54 Å². The molecule has 1 saturated carbocycles. The van der Waals surface area contributed by atoms with Gasteiger partial charge in [0.05, 0.1) is 11.2 Å². The van der Waals surface area contributed by atoms with Gasteiger partial charge in [0, 0.05) is 13.2 Å². The van der Waals surface area contributed by atoms with Gasteiger partial charge in [-0.05, 0) is 33.0 Å². The Morgan fingerprint density at radius 3 is 2.40 bits per heavy atom. The quantitative estimate of drug-likeness (QED) is 0.741. The van der Waals surface area contributed by atoms with E-state index in [4.69, 9.17) is 0 Å². The maximum atomic E-state index is 4.60. The molecule has 0 amide bonds. The molecule has 15 heavy (non-hydrogen) atoms. The van der Waals surface area contributed by atoms with Crippen LogP contribution >= 0.6 is 0 Å². The van der Waals surface area contributed by atoms with E-state index in [2.05, 4.69) is 36.4 Å². The summed E-state index contributed by atoms with van der Waals surface area (Å²) in [4.78, 5) is 2.36. The van der Waals surface area contributed by atoms with Crippen LogP contribution in [0.15, 0.2) is 12.3 Å². The summed E-state index contributed by atoms with van der Waals surface area (Å²) in [6.07, 6.45) is 8.58. The molecule has 3 nitrogen and oxygen atoms in total. The van der Waals surface area contributed by atoms with Gasteiger partial charge in [-0.2, -0.15) is 5.10 Å². The summed E-state index contributed by atoms with van der Waals surface area (Å²) in [5.74, 6) is 0. The van der Waals surface area contributed by atoms with Gasteiger partial charge in [0.25, 0.3) is 0 Å². The molecule has 1 aromatic heterocycles. The molecule has 0 saturated heterocycles. The van der Waals surface area contributed by atoms with Crippen LogP contribution in [0.4, 0.5) is 0 Å². The summed E-state index contributed by atoms with van der Waals surface area (Å²) >= 11 is 0. The summed E-state index contributed by atoms with van der Waals surface area (Å²) < 4.78 is 1.91. The van der Waals surface area contributed by atoms with Crippen LogP contribution in [0.3, 0.4) is 0 Å². The van der Waals surface area contributed by atoms with Crippen LogP contribution in [0, 0.1) is 0 Å². The molecule has 1 fully saturated rings. The molecule has 84 valence electrons. The smallest absolute Gasteiger partial charge is 0.0827 e. The summed E-state index contributed by atoms with van der Waals surface area (Å²) in [6, 6.07) is 2.17. The lowest BCUT2D eigenvalue weighted by Crippen LogP contribution is -2.43. The lowest BCUT2D eigenvalue weighted by Gasteiger charge is -2.41. The van der Waals surface area contributed by atoms with Crippen molar-refractivity contribution in [3.05, 3.63) is 18.0 Å². The van der Waals surface area contributed by atoms with Crippen molar-refractivity contribution >= 4 is 0 Å². The highest BCUT2D eigenvalue weighted by atomic mass is 15.3. The molecule has 0 atom stereocenters. The molecule has 1 heterocycles. The van der Waals surface area contributed by atoms with Crippen molar-refractivity contribution in [3.8, 4) is 0 Å². The first-order valence-electron chi connectivity index (χ1n) is 5.83. The van der Waals surface area contributed by atoms with Crippen LogP contribution in [-0.2, 0) is 12.6 Å². The summed E-state index contributed by atoms with van der Waals surface area (Å²) in [5.41, 5.74) is 1.44. The van der Waals surface area contributed by atoms with Gasteiger partial charge in [-0.15, -0.1) is 0 Å². The summed E-state index contributed by atoms with van der Waals surface area (Å²) in [5, 5.41) is 4.60. The van der Waals surface area contributed by atoms with E-state index in [1.54, 1.807) is 0 Å². The predicted octanol–water partition coefficient (Wildman–Crippen LogP) is 2.14. The Balaban J connectivity index is 2.33. The Morgan fingerprint density at radius 1 is 1.27 bits per heavy atom. The van der Waals surface area contributed by atoms with Crippen molar-refractivity contribution in [2.24, 2.45) is 7.05 Å². The summed E-state index contributed by atoms with van der Waals surface area (Å²) in [6.45, 7) is 0. The molecule has 1 aliphatic carbocycles. The van der Waals surface area contributed by atoms with Crippen molar-refractivity contribution in [1.29, 1.82) is 0 Å². The lowest BCUT2D eigenvalue weighted by atomic mass is 9.78. The molecule has 2 rings (SSSR count). The largest absolute Gasteiger partial charge is 0.298 e. The molecular weight excluding hydrogens is 186 g/mol. The molecule has 0 radical (unpaired) electrons. The second kappa shape index (κ2) is 3.97. The Kier molecular flexibility index (Phi) is 2.83. The van der Waals surface area contributed by atoms with Crippen LogP contribution < -0.4 is 0 Å². The van der Waals surface area contributed by atoms with E-state index >= 15 is 0 Å². The van der Waals surface area contributed by atoms with Crippen LogP contribution in [0.25, 0.3) is 0 Å². The third-order valence-corrected chi connectivity index (χ3v) is 3.73. The fourth-order valence-electron chi connectivity index (χ4n) is 2.73. The van der Waals surface area contributed by atoms with Crippen molar-refractivity contribution in [1.82, 2.24) is 14.7 Å². The normalized spacial score (nSPS) is 20.8. The van der Waals surface area contributed by atoms with Crippen molar-refractivity contribution < 1.29 is 0 Å². The van der Waals surface area contributed by atoms with Crippen LogP contribution in [-0.4, -0.2) is 28.8 Å². The highest BCUT2D eigenvalue weighted by Crippen LogP contribution is 2.39. The second-order valence-corrected chi connectivity index (χ2v) is 4.86. The fraction of sp³-hybridized carbons (Fsp3) is 0.750. The van der Waals surface area contributed by atoms with E-state index < -0.39 is 0 Å². The monoisotopic (exact) mass is 207 g/mol. The fourth-order valence-corrected chi connectivity index (χ4v) is 2.73. The van der Waals surface area contributed by atoms with E-state index in [1.807, 2.05) is 11.7 Å². The molecule has 3 heteroatoms. The highest BCUT2D eigenvalue weighted by molar-refractivity contribution is 5.15. The van der Waals surface area contributed by atoms with E-state index in [0.717, 1.165) is 0 Å². The average Bonchev–Trinajstić information content (AvgIpc) is 2.66. The number of hydrogen-bond donors (Lipinski definition) is 0. The maximum absolute atomic E-state index is 4.60. The molecule has 0 N–H and O–H groups in total. The Hall–Kier alpha value is -0.830. The molecule has 1 aromatic rings. The summed E-state index contributed by atoms with van der Waals surface area (Å²) in [7, 11) is 6.36. The Labute approximate surface area is 92.1 Å². The zero-order valence-corrected chi connectivity index (χ0v) is 10.0. The van der Waals surface area contributed by atoms with Crippen molar-refractivity contribution in [2.45, 2.75) is 37.6 Å². The molecule has 0 aromatic carbocycles. The molecule has 0 unspecified atom stereocenters. The Bertz CT molecular complexity index is 321. The highest BCUT2D eigenvalue weighted by Gasteiger charge is 2.37. The predicted molar refractivity (Wildman–Crippen MR) is 61.7 cm³/mol. The average molecular weight is 207 g/mol. The number of aryl methyl sites for hydroxylation is 1. The topological polar surface area (TPSA) is 21.1 Å². The minimum atomic E-state index is 0.194. The minimum Gasteiger partial charge on any atom is -0.298 e. The van der Waals surface area contributed by atoms with Crippen LogP contribution in [0.5, 0.6) is 0 Å². The van der Waals surface area contributed by atoms with Gasteiger partial charge in [-0.3, -0.25) is 9.58 Å². The molecule has 0 spiro atoms. The van der Waals surface area contributed by atoms with Gasteiger partial charge >= 0.3 is 0 Å². The number of rotatable bonds is 2. The van der Waals surface area contributed by atoms with Gasteiger partial charge in [0.2, 0.25) is 0 Å². The first-order valence-corrected chi connectivity index (χ1v) is 5.83. The number of nitrogens with zero attached hydrogens (tertiary/aromatic N) is 3. The standard InChI is InChI=1S/C12H21N3/c1-14(2)12(8-5-4-6-9-12)11-7-10-15(3)13-11/h7,10H,4-6,8-9H2,1-3H3. The SMILES string of the molecule is CN(C)C1(c2ccn(C)n2)CCCCC1. The molecular formula is C12H21N3. The van der Waals surface area contributed by atoms with E-state index in [1.165, 1.54) is 37.8 Å². The van der Waals surface area contributed by atoms with E-state index in [9.17, 15) is 0 Å². The second-order valence-electron chi connectivity index (χ2n) is 4.86. The van der Waals surface area contributed by atoms with Gasteiger partial charge in [-0.25, -0.2) is 0 Å². The van der Waals surface area contributed by atoms with Gasteiger partial charge < -0.3 is 0 Å². The van der Waals surface area contributed by atoms with Gasteiger partial charge in [0.1, 0.15) is 0 Å². The maximum Gasteiger partial charge on any atom is 0.0827 e. The number of aromatic nitrogens is 2. The van der Waals surface area contributed by atoms with Gasteiger partial charge in [-0.1, -0.05) is 19.3 Å². The molecule has 0 aliphatic heterocycles. The third kappa shape index (κ3) is 1.81. The third-order valence-electron chi connectivity index (χ3n) is 3.73. The van der Waals surface area contributed by atoms with Crippen molar-refractivity contribution in [2.75, 3.05) is 14.1 Å². The van der Waals surface area contributed by atoms with Crippen molar-refractivity contribution in [3.63, 3.8) is 0 Å². The zero-order valence-electron chi connectivity index (χ0n) is 10.0. The first-order chi connectivity index (χ1) is 7.15. The zero-order chi connectivity index (χ0) is 10.9.